The van der Waals surface area contributed by atoms with Crippen LogP contribution in [0.3, 0.4) is 0 Å². The van der Waals surface area contributed by atoms with Crippen LogP contribution < -0.4 is 5.32 Å². The third kappa shape index (κ3) is 4.87. The highest BCUT2D eigenvalue weighted by Gasteiger charge is 2.39. The van der Waals surface area contributed by atoms with Gasteiger partial charge in [0.1, 0.15) is 5.82 Å². The van der Waals surface area contributed by atoms with Crippen LogP contribution in [0.2, 0.25) is 0 Å². The van der Waals surface area contributed by atoms with Gasteiger partial charge in [0.05, 0.1) is 5.92 Å². The molecule has 1 unspecified atom stereocenters. The Morgan fingerprint density at radius 3 is 2.45 bits per heavy atom. The first-order valence-electron chi connectivity index (χ1n) is 5.52. The van der Waals surface area contributed by atoms with E-state index < -0.39 is 36.3 Å². The van der Waals surface area contributed by atoms with E-state index in [-0.39, 0.29) is 6.42 Å². The van der Waals surface area contributed by atoms with Crippen molar-refractivity contribution in [3.05, 3.63) is 35.6 Å². The minimum atomic E-state index is -5.07. The van der Waals surface area contributed by atoms with Gasteiger partial charge in [0.15, 0.2) is 0 Å². The molecule has 0 heterocycles. The molecular formula is C12H11F4NO3. The fourth-order valence-electron chi connectivity index (χ4n) is 1.51. The van der Waals surface area contributed by atoms with Gasteiger partial charge in [-0.2, -0.15) is 13.2 Å². The number of alkyl halides is 3. The number of carbonyl (C=O) groups excluding carboxylic acids is 1. The van der Waals surface area contributed by atoms with E-state index in [0.717, 1.165) is 12.1 Å². The van der Waals surface area contributed by atoms with Crippen molar-refractivity contribution in [2.45, 2.75) is 12.6 Å². The van der Waals surface area contributed by atoms with Gasteiger partial charge in [-0.1, -0.05) is 12.1 Å². The van der Waals surface area contributed by atoms with E-state index in [1.165, 1.54) is 17.4 Å². The molecule has 1 aromatic carbocycles. The van der Waals surface area contributed by atoms with E-state index in [9.17, 15) is 27.2 Å². The summed E-state index contributed by atoms with van der Waals surface area (Å²) in [6.45, 7) is -0.690. The van der Waals surface area contributed by atoms with Gasteiger partial charge in [0.2, 0.25) is 0 Å². The number of halogens is 4. The third-order valence-corrected chi connectivity index (χ3v) is 2.49. The van der Waals surface area contributed by atoms with Crippen LogP contribution in [0, 0.1) is 11.7 Å². The number of nitrogens with one attached hydrogen (secondary N) is 1. The SMILES string of the molecule is O=C(O)C(CNC(=O)C(F)(F)F)Cc1cccc(F)c1. The van der Waals surface area contributed by atoms with E-state index in [4.69, 9.17) is 5.11 Å². The predicted octanol–water partition coefficient (Wildman–Crippen LogP) is 1.75. The van der Waals surface area contributed by atoms with Gasteiger partial charge in [-0.3, -0.25) is 9.59 Å². The first kappa shape index (κ1) is 15.9. The summed E-state index contributed by atoms with van der Waals surface area (Å²) in [5.41, 5.74) is 0.318. The van der Waals surface area contributed by atoms with Crippen molar-refractivity contribution in [3.8, 4) is 0 Å². The Labute approximate surface area is 111 Å². The molecule has 0 aromatic heterocycles. The van der Waals surface area contributed by atoms with Crippen LogP contribution in [0.5, 0.6) is 0 Å². The smallest absolute Gasteiger partial charge is 0.471 e. The summed E-state index contributed by atoms with van der Waals surface area (Å²) < 4.78 is 48.8. The molecule has 20 heavy (non-hydrogen) atoms. The van der Waals surface area contributed by atoms with E-state index in [1.807, 2.05) is 0 Å². The normalized spacial score (nSPS) is 12.8. The highest BCUT2D eigenvalue weighted by molar-refractivity contribution is 5.82. The van der Waals surface area contributed by atoms with Gasteiger partial charge in [-0.25, -0.2) is 4.39 Å². The van der Waals surface area contributed by atoms with Crippen LogP contribution in [0.15, 0.2) is 24.3 Å². The van der Waals surface area contributed by atoms with E-state index >= 15 is 0 Å². The molecule has 0 fully saturated rings. The lowest BCUT2D eigenvalue weighted by atomic mass is 9.99. The molecule has 0 aliphatic heterocycles. The van der Waals surface area contributed by atoms with Crippen LogP contribution in [0.1, 0.15) is 5.56 Å². The largest absolute Gasteiger partial charge is 0.481 e. The standard InChI is InChI=1S/C12H11F4NO3/c13-9-3-1-2-7(5-9)4-8(10(18)19)6-17-11(20)12(14,15)16/h1-3,5,8H,4,6H2,(H,17,20)(H,18,19). The maximum atomic E-state index is 12.9. The monoisotopic (exact) mass is 293 g/mol. The van der Waals surface area contributed by atoms with Crippen LogP contribution in [-0.2, 0) is 16.0 Å². The zero-order chi connectivity index (χ0) is 15.3. The molecule has 0 aliphatic carbocycles. The third-order valence-electron chi connectivity index (χ3n) is 2.49. The molecule has 110 valence electrons. The summed E-state index contributed by atoms with van der Waals surface area (Å²) in [4.78, 5) is 21.5. The minimum Gasteiger partial charge on any atom is -0.481 e. The van der Waals surface area contributed by atoms with Crippen molar-refractivity contribution < 1.29 is 32.3 Å². The van der Waals surface area contributed by atoms with Crippen molar-refractivity contribution in [2.24, 2.45) is 5.92 Å². The van der Waals surface area contributed by atoms with Crippen molar-refractivity contribution >= 4 is 11.9 Å². The number of carboxylic acids is 1. The van der Waals surface area contributed by atoms with Crippen LogP contribution in [0.25, 0.3) is 0 Å². The zero-order valence-electron chi connectivity index (χ0n) is 10.1. The number of carbonyl (C=O) groups is 2. The van der Waals surface area contributed by atoms with Gasteiger partial charge in [0.25, 0.3) is 0 Å². The summed E-state index contributed by atoms with van der Waals surface area (Å²) in [6.07, 6.45) is -5.26. The molecule has 0 bridgehead atoms. The fraction of sp³-hybridized carbons (Fsp3) is 0.333. The molecule has 4 nitrogen and oxygen atoms in total. The lowest BCUT2D eigenvalue weighted by Crippen LogP contribution is -2.41. The number of aliphatic carboxylic acids is 1. The number of hydrogen-bond acceptors (Lipinski definition) is 2. The van der Waals surface area contributed by atoms with Crippen LogP contribution >= 0.6 is 0 Å². The number of amides is 1. The van der Waals surface area contributed by atoms with Crippen LogP contribution in [-0.4, -0.2) is 29.7 Å². The van der Waals surface area contributed by atoms with Crippen molar-refractivity contribution in [2.75, 3.05) is 6.54 Å². The zero-order valence-corrected chi connectivity index (χ0v) is 10.1. The molecule has 1 amide bonds. The Hall–Kier alpha value is -2.12. The molecule has 1 atom stereocenters. The Morgan fingerprint density at radius 1 is 1.30 bits per heavy atom. The molecule has 0 saturated carbocycles. The Bertz CT molecular complexity index is 502. The molecule has 0 aliphatic rings. The highest BCUT2D eigenvalue weighted by atomic mass is 19.4. The van der Waals surface area contributed by atoms with Crippen molar-refractivity contribution in [1.82, 2.24) is 5.32 Å². The van der Waals surface area contributed by atoms with Crippen molar-refractivity contribution in [3.63, 3.8) is 0 Å². The van der Waals surface area contributed by atoms with Gasteiger partial charge >= 0.3 is 18.1 Å². The number of carboxylic acid groups (broad SMARTS) is 1. The second-order valence-corrected chi connectivity index (χ2v) is 4.08. The van der Waals surface area contributed by atoms with Gasteiger partial charge < -0.3 is 10.4 Å². The summed E-state index contributed by atoms with van der Waals surface area (Å²) in [6, 6.07) is 5.05. The second kappa shape index (κ2) is 6.36. The number of hydrogen-bond donors (Lipinski definition) is 2. The van der Waals surface area contributed by atoms with Crippen LogP contribution in [0.4, 0.5) is 17.6 Å². The van der Waals surface area contributed by atoms with Gasteiger partial charge in [0, 0.05) is 6.54 Å². The molecule has 0 saturated heterocycles. The summed E-state index contributed by atoms with van der Waals surface area (Å²) in [7, 11) is 0. The van der Waals surface area contributed by atoms with E-state index in [2.05, 4.69) is 0 Å². The molecule has 1 aromatic rings. The molecule has 8 heteroatoms. The minimum absolute atomic E-state index is 0.189. The molecule has 0 radical (unpaired) electrons. The number of benzene rings is 1. The average Bonchev–Trinajstić information content (AvgIpc) is 2.32. The molecule has 1 rings (SSSR count). The maximum absolute atomic E-state index is 12.9. The Balaban J connectivity index is 2.67. The lowest BCUT2D eigenvalue weighted by molar-refractivity contribution is -0.174. The number of rotatable bonds is 5. The van der Waals surface area contributed by atoms with Gasteiger partial charge in [-0.05, 0) is 24.1 Å². The fourth-order valence-corrected chi connectivity index (χ4v) is 1.51. The van der Waals surface area contributed by atoms with E-state index in [1.54, 1.807) is 0 Å². The first-order valence-corrected chi connectivity index (χ1v) is 5.52. The lowest BCUT2D eigenvalue weighted by Gasteiger charge is -2.14. The van der Waals surface area contributed by atoms with E-state index in [0.29, 0.717) is 5.56 Å². The Kier molecular flexibility index (Phi) is 5.06. The summed E-state index contributed by atoms with van der Waals surface area (Å²) >= 11 is 0. The molecular weight excluding hydrogens is 282 g/mol. The van der Waals surface area contributed by atoms with Crippen molar-refractivity contribution in [1.29, 1.82) is 0 Å². The second-order valence-electron chi connectivity index (χ2n) is 4.08. The topological polar surface area (TPSA) is 66.4 Å². The molecule has 2 N–H and O–H groups in total. The first-order chi connectivity index (χ1) is 9.20. The highest BCUT2D eigenvalue weighted by Crippen LogP contribution is 2.15. The summed E-state index contributed by atoms with van der Waals surface area (Å²) in [5.74, 6) is -5.44. The van der Waals surface area contributed by atoms with Gasteiger partial charge in [-0.15, -0.1) is 0 Å². The molecule has 0 spiro atoms. The maximum Gasteiger partial charge on any atom is 0.471 e. The summed E-state index contributed by atoms with van der Waals surface area (Å²) in [5, 5.41) is 10.4. The quantitative estimate of drug-likeness (QED) is 0.813. The Morgan fingerprint density at radius 2 is 1.95 bits per heavy atom. The predicted molar refractivity (Wildman–Crippen MR) is 60.3 cm³/mol. The average molecular weight is 293 g/mol.